The molecule has 4 fully saturated rings. The van der Waals surface area contributed by atoms with Crippen LogP contribution >= 0.6 is 0 Å². The number of aliphatic carboxylic acids is 1. The molecule has 0 aromatic heterocycles. The van der Waals surface area contributed by atoms with Crippen LogP contribution in [0.25, 0.3) is 0 Å². The number of carboxylic acid groups (broad SMARTS) is 1. The smallest absolute Gasteiger partial charge is 0.309 e. The van der Waals surface area contributed by atoms with E-state index < -0.39 is 36.1 Å². The van der Waals surface area contributed by atoms with Crippen molar-refractivity contribution in [2.45, 2.75) is 90.2 Å². The number of carbonyl (C=O) groups excluding carboxylic acids is 2. The average Bonchev–Trinajstić information content (AvgIpc) is 3.51. The molecule has 5 rings (SSSR count). The molecule has 0 radical (unpaired) electrons. The third kappa shape index (κ3) is 5.63. The molecule has 2 amide bonds. The van der Waals surface area contributed by atoms with Gasteiger partial charge in [-0.3, -0.25) is 14.4 Å². The van der Waals surface area contributed by atoms with Crippen molar-refractivity contribution in [2.75, 3.05) is 13.4 Å². The lowest BCUT2D eigenvalue weighted by atomic mass is 9.70. The van der Waals surface area contributed by atoms with E-state index in [0.717, 1.165) is 38.2 Å². The van der Waals surface area contributed by atoms with Crippen molar-refractivity contribution in [1.82, 2.24) is 10.6 Å². The van der Waals surface area contributed by atoms with Crippen LogP contribution in [0, 0.1) is 34.4 Å². The maximum Gasteiger partial charge on any atom is 0.309 e. The highest BCUT2D eigenvalue weighted by Crippen LogP contribution is 2.49. The molecule has 0 spiro atoms. The lowest BCUT2D eigenvalue weighted by molar-refractivity contribution is -0.150. The van der Waals surface area contributed by atoms with Crippen molar-refractivity contribution in [3.8, 4) is 11.5 Å². The van der Waals surface area contributed by atoms with E-state index in [1.807, 2.05) is 0 Å². The summed E-state index contributed by atoms with van der Waals surface area (Å²) >= 11 is 0. The van der Waals surface area contributed by atoms with Gasteiger partial charge >= 0.3 is 5.97 Å². The second kappa shape index (κ2) is 11.2. The summed E-state index contributed by atoms with van der Waals surface area (Å²) in [6.45, 7) is 3.25. The minimum absolute atomic E-state index is 0.0420. The molecule has 4 saturated carbocycles. The number of halogens is 2. The Labute approximate surface area is 233 Å². The van der Waals surface area contributed by atoms with Gasteiger partial charge in [-0.05, 0) is 88.0 Å². The predicted molar refractivity (Wildman–Crippen MR) is 142 cm³/mol. The fraction of sp³-hybridized carbons (Fsp3) is 0.700. The largest absolute Gasteiger partial charge is 0.487 e. The Morgan fingerprint density at radius 3 is 2.35 bits per heavy atom. The van der Waals surface area contributed by atoms with Crippen LogP contribution in [0.2, 0.25) is 0 Å². The van der Waals surface area contributed by atoms with E-state index in [-0.39, 0.29) is 52.2 Å². The Morgan fingerprint density at radius 2 is 1.73 bits per heavy atom. The molecular formula is C30H40F2N2O6. The SMILES string of the molecule is CC1(CNC(=O)[C@H]2[C@@H]3CC[C@@H](C3)[C@H]2NC(=O)c2cc(OC3CCC(C)(C(=O)O)CC3)c(F)cc2OCF)CCC1. The molecule has 0 heterocycles. The molecule has 4 aliphatic rings. The first-order valence-corrected chi connectivity index (χ1v) is 14.5. The summed E-state index contributed by atoms with van der Waals surface area (Å²) in [5.41, 5.74) is -0.773. The van der Waals surface area contributed by atoms with Gasteiger partial charge in [-0.15, -0.1) is 0 Å². The summed E-state index contributed by atoms with van der Waals surface area (Å²) in [5.74, 6) is -2.68. The third-order valence-corrected chi connectivity index (χ3v) is 10.1. The molecule has 4 atom stereocenters. The summed E-state index contributed by atoms with van der Waals surface area (Å²) in [4.78, 5) is 38.4. The number of hydrogen-bond acceptors (Lipinski definition) is 5. The van der Waals surface area contributed by atoms with Crippen LogP contribution in [0.15, 0.2) is 12.1 Å². The number of carboxylic acids is 1. The number of rotatable bonds is 10. The Morgan fingerprint density at radius 1 is 1.02 bits per heavy atom. The summed E-state index contributed by atoms with van der Waals surface area (Å²) in [6, 6.07) is 1.79. The van der Waals surface area contributed by atoms with Crippen LogP contribution in [-0.4, -0.2) is 48.4 Å². The van der Waals surface area contributed by atoms with Gasteiger partial charge < -0.3 is 25.2 Å². The summed E-state index contributed by atoms with van der Waals surface area (Å²) in [6.07, 6.45) is 7.29. The van der Waals surface area contributed by atoms with E-state index in [4.69, 9.17) is 9.47 Å². The number of carbonyl (C=O) groups is 3. The molecule has 1 aromatic carbocycles. The number of nitrogens with one attached hydrogen (secondary N) is 2. The van der Waals surface area contributed by atoms with Crippen LogP contribution in [0.5, 0.6) is 11.5 Å². The monoisotopic (exact) mass is 562 g/mol. The molecule has 3 N–H and O–H groups in total. The topological polar surface area (TPSA) is 114 Å². The van der Waals surface area contributed by atoms with Gasteiger partial charge in [-0.2, -0.15) is 0 Å². The number of hydrogen-bond donors (Lipinski definition) is 3. The molecule has 0 saturated heterocycles. The minimum Gasteiger partial charge on any atom is -0.487 e. The summed E-state index contributed by atoms with van der Waals surface area (Å²) in [5, 5.41) is 15.6. The van der Waals surface area contributed by atoms with Crippen molar-refractivity contribution in [3.63, 3.8) is 0 Å². The highest BCUT2D eigenvalue weighted by molar-refractivity contribution is 5.98. The molecular weight excluding hydrogens is 522 g/mol. The normalized spacial score (nSPS) is 32.1. The number of amides is 2. The Kier molecular flexibility index (Phi) is 7.99. The van der Waals surface area contributed by atoms with Gasteiger partial charge in [-0.1, -0.05) is 13.3 Å². The molecule has 2 bridgehead atoms. The fourth-order valence-corrected chi connectivity index (χ4v) is 7.20. The van der Waals surface area contributed by atoms with Crippen LogP contribution < -0.4 is 20.1 Å². The maximum atomic E-state index is 15.0. The van der Waals surface area contributed by atoms with Gasteiger partial charge in [0.1, 0.15) is 5.75 Å². The molecule has 220 valence electrons. The first kappa shape index (κ1) is 28.6. The van der Waals surface area contributed by atoms with Crippen molar-refractivity contribution in [2.24, 2.45) is 28.6 Å². The molecule has 1 aromatic rings. The number of alkyl halides is 1. The maximum absolute atomic E-state index is 15.0. The van der Waals surface area contributed by atoms with Crippen LogP contribution in [0.3, 0.4) is 0 Å². The zero-order valence-corrected chi connectivity index (χ0v) is 23.3. The van der Waals surface area contributed by atoms with Crippen LogP contribution in [0.4, 0.5) is 8.78 Å². The summed E-state index contributed by atoms with van der Waals surface area (Å²) < 4.78 is 39.0. The van der Waals surface area contributed by atoms with E-state index in [1.165, 1.54) is 12.5 Å². The highest BCUT2D eigenvalue weighted by atomic mass is 19.1. The highest BCUT2D eigenvalue weighted by Gasteiger charge is 2.52. The lowest BCUT2D eigenvalue weighted by Crippen LogP contribution is -2.51. The van der Waals surface area contributed by atoms with Gasteiger partial charge in [0.2, 0.25) is 12.8 Å². The first-order chi connectivity index (χ1) is 19.0. The Hall–Kier alpha value is -2.91. The quantitative estimate of drug-likeness (QED) is 0.370. The zero-order valence-electron chi connectivity index (χ0n) is 23.3. The van der Waals surface area contributed by atoms with E-state index in [1.54, 1.807) is 6.92 Å². The van der Waals surface area contributed by atoms with Crippen LogP contribution in [0.1, 0.15) is 88.4 Å². The number of benzene rings is 1. The number of ether oxygens (including phenoxy) is 2. The molecule has 4 aliphatic carbocycles. The van der Waals surface area contributed by atoms with Gasteiger partial charge in [0.25, 0.3) is 5.91 Å². The molecule has 10 heteroatoms. The summed E-state index contributed by atoms with van der Waals surface area (Å²) in [7, 11) is 0. The zero-order chi connectivity index (χ0) is 28.7. The standard InChI is InChI=1S/C30H40F2N2O6/c1-29(8-3-9-29)15-33-27(36)24-17-4-5-18(12-17)25(24)34-26(35)20-13-23(21(32)14-22(20)39-16-31)40-19-6-10-30(2,11-7-19)28(37)38/h13-14,17-19,24-25H,3-12,15-16H2,1-2H3,(H,33,36)(H,34,35)(H,37,38)/t17-,18+,19?,24+,25-,30?/m1/s1. The van der Waals surface area contributed by atoms with Gasteiger partial charge in [0, 0.05) is 18.7 Å². The predicted octanol–water partition coefficient (Wildman–Crippen LogP) is 4.99. The lowest BCUT2D eigenvalue weighted by Gasteiger charge is -2.39. The van der Waals surface area contributed by atoms with Crippen LogP contribution in [-0.2, 0) is 9.59 Å². The van der Waals surface area contributed by atoms with E-state index >= 15 is 0 Å². The molecule has 0 unspecified atom stereocenters. The Bertz CT molecular complexity index is 1150. The molecule has 40 heavy (non-hydrogen) atoms. The number of fused-ring (bicyclic) bond motifs is 2. The second-order valence-corrected chi connectivity index (χ2v) is 13.0. The Balaban J connectivity index is 1.30. The fourth-order valence-electron chi connectivity index (χ4n) is 7.20. The van der Waals surface area contributed by atoms with Crippen molar-refractivity contribution >= 4 is 17.8 Å². The van der Waals surface area contributed by atoms with Gasteiger partial charge in [-0.25, -0.2) is 8.78 Å². The van der Waals surface area contributed by atoms with Crippen molar-refractivity contribution < 1.29 is 37.7 Å². The van der Waals surface area contributed by atoms with Gasteiger partial charge in [0.05, 0.1) is 23.0 Å². The van der Waals surface area contributed by atoms with Gasteiger partial charge in [0.15, 0.2) is 11.6 Å². The third-order valence-electron chi connectivity index (χ3n) is 10.1. The van der Waals surface area contributed by atoms with E-state index in [0.29, 0.717) is 32.2 Å². The first-order valence-electron chi connectivity index (χ1n) is 14.5. The molecule has 8 nitrogen and oxygen atoms in total. The van der Waals surface area contributed by atoms with Crippen molar-refractivity contribution in [3.05, 3.63) is 23.5 Å². The average molecular weight is 563 g/mol. The van der Waals surface area contributed by atoms with E-state index in [9.17, 15) is 28.3 Å². The van der Waals surface area contributed by atoms with Crippen molar-refractivity contribution in [1.29, 1.82) is 0 Å². The molecule has 0 aliphatic heterocycles. The second-order valence-electron chi connectivity index (χ2n) is 13.0. The minimum atomic E-state index is -1.24. The van der Waals surface area contributed by atoms with E-state index in [2.05, 4.69) is 17.6 Å².